The molecule has 4 heteroatoms. The first-order valence-electron chi connectivity index (χ1n) is 11.9. The molecule has 1 saturated carbocycles. The Morgan fingerprint density at radius 3 is 2.31 bits per heavy atom. The van der Waals surface area contributed by atoms with Gasteiger partial charge in [0.1, 0.15) is 6.07 Å². The van der Waals surface area contributed by atoms with Crippen LogP contribution < -0.4 is 5.32 Å². The van der Waals surface area contributed by atoms with E-state index in [1.807, 2.05) is 6.07 Å². The molecule has 3 aromatic rings. The predicted molar refractivity (Wildman–Crippen MR) is 129 cm³/mol. The smallest absolute Gasteiger partial charge is 0.232 e. The van der Waals surface area contributed by atoms with Crippen LogP contribution >= 0.6 is 0 Å². The summed E-state index contributed by atoms with van der Waals surface area (Å²) in [5.74, 6) is 0.816. The lowest BCUT2D eigenvalue weighted by Crippen LogP contribution is -2.16. The third kappa shape index (κ3) is 6.24. The average molecular weight is 425 g/mol. The molecule has 0 atom stereocenters. The second-order valence-corrected chi connectivity index (χ2v) is 8.75. The summed E-state index contributed by atoms with van der Waals surface area (Å²) < 4.78 is 0. The Morgan fingerprint density at radius 2 is 1.59 bits per heavy atom. The minimum Gasteiger partial charge on any atom is -0.313 e. The highest BCUT2D eigenvalue weighted by atomic mass is 14.9. The maximum Gasteiger partial charge on any atom is 0.232 e. The zero-order valence-corrected chi connectivity index (χ0v) is 18.8. The van der Waals surface area contributed by atoms with Gasteiger partial charge in [-0.25, -0.2) is 9.97 Å². The van der Waals surface area contributed by atoms with Gasteiger partial charge in [0, 0.05) is 23.9 Å². The number of nitrogens with zero attached hydrogens (tertiary/aromatic N) is 3. The zero-order chi connectivity index (χ0) is 22.0. The quantitative estimate of drug-likeness (QED) is 0.347. The Balaban J connectivity index is 1.26. The van der Waals surface area contributed by atoms with Crippen molar-refractivity contribution in [2.24, 2.45) is 0 Å². The maximum atomic E-state index is 9.38. The third-order valence-corrected chi connectivity index (χ3v) is 6.35. The van der Waals surface area contributed by atoms with Crippen LogP contribution in [0.1, 0.15) is 73.6 Å². The van der Waals surface area contributed by atoms with Gasteiger partial charge in [0.15, 0.2) is 0 Å². The van der Waals surface area contributed by atoms with E-state index in [2.05, 4.69) is 76.0 Å². The third-order valence-electron chi connectivity index (χ3n) is 6.35. The van der Waals surface area contributed by atoms with E-state index in [-0.39, 0.29) is 0 Å². The summed E-state index contributed by atoms with van der Waals surface area (Å²) >= 11 is 0. The van der Waals surface area contributed by atoms with Crippen molar-refractivity contribution >= 4 is 0 Å². The van der Waals surface area contributed by atoms with Gasteiger partial charge in [-0.1, -0.05) is 80.3 Å². The first-order valence-corrected chi connectivity index (χ1v) is 11.9. The van der Waals surface area contributed by atoms with E-state index < -0.39 is 0 Å². The molecule has 4 nitrogen and oxygen atoms in total. The van der Waals surface area contributed by atoms with Crippen molar-refractivity contribution < 1.29 is 0 Å². The lowest BCUT2D eigenvalue weighted by atomic mass is 9.95. The molecule has 0 unspecified atom stereocenters. The first-order chi connectivity index (χ1) is 15.8. The van der Waals surface area contributed by atoms with E-state index in [1.54, 1.807) is 0 Å². The zero-order valence-electron chi connectivity index (χ0n) is 18.8. The minimum atomic E-state index is 0.327. The maximum absolute atomic E-state index is 9.38. The molecule has 1 heterocycles. The molecule has 4 rings (SSSR count). The second kappa shape index (κ2) is 11.5. The van der Waals surface area contributed by atoms with E-state index in [9.17, 15) is 5.26 Å². The summed E-state index contributed by atoms with van der Waals surface area (Å²) in [6, 6.07) is 23.5. The number of nitriles is 1. The normalized spacial score (nSPS) is 14.6. The van der Waals surface area contributed by atoms with Crippen LogP contribution in [0.25, 0.3) is 11.1 Å². The molecule has 0 spiro atoms. The fraction of sp³-hybridized carbons (Fsp3) is 0.393. The lowest BCUT2D eigenvalue weighted by Gasteiger charge is -2.14. The molecule has 0 aliphatic heterocycles. The van der Waals surface area contributed by atoms with Crippen molar-refractivity contribution in [1.82, 2.24) is 15.3 Å². The van der Waals surface area contributed by atoms with Crippen molar-refractivity contribution in [2.75, 3.05) is 6.54 Å². The summed E-state index contributed by atoms with van der Waals surface area (Å²) in [7, 11) is 0. The molecule has 1 N–H and O–H groups in total. The van der Waals surface area contributed by atoms with Crippen LogP contribution in [0.5, 0.6) is 0 Å². The molecule has 1 aliphatic carbocycles. The fourth-order valence-electron chi connectivity index (χ4n) is 4.55. The topological polar surface area (TPSA) is 61.6 Å². The lowest BCUT2D eigenvalue weighted by molar-refractivity contribution is 0.572. The van der Waals surface area contributed by atoms with Gasteiger partial charge in [0.2, 0.25) is 5.82 Å². The highest BCUT2D eigenvalue weighted by molar-refractivity contribution is 5.63. The number of aromatic nitrogens is 2. The van der Waals surface area contributed by atoms with E-state index in [4.69, 9.17) is 0 Å². The summed E-state index contributed by atoms with van der Waals surface area (Å²) in [6.07, 6.45) is 9.41. The molecule has 2 aromatic carbocycles. The van der Waals surface area contributed by atoms with Crippen molar-refractivity contribution in [2.45, 2.75) is 63.8 Å². The molecule has 1 aromatic heterocycles. The molecule has 164 valence electrons. The van der Waals surface area contributed by atoms with Crippen molar-refractivity contribution in [1.29, 1.82) is 5.26 Å². The Morgan fingerprint density at radius 1 is 0.875 bits per heavy atom. The summed E-state index contributed by atoms with van der Waals surface area (Å²) in [6.45, 7) is 1.78. The highest BCUT2D eigenvalue weighted by Crippen LogP contribution is 2.30. The van der Waals surface area contributed by atoms with Crippen molar-refractivity contribution in [3.05, 3.63) is 83.4 Å². The number of nitrogens with one attached hydrogen (secondary N) is 1. The molecule has 0 saturated heterocycles. The Bertz CT molecular complexity index is 1010. The minimum absolute atomic E-state index is 0.327. The molecule has 0 radical (unpaired) electrons. The highest BCUT2D eigenvalue weighted by Gasteiger charge is 2.17. The van der Waals surface area contributed by atoms with Gasteiger partial charge in [-0.15, -0.1) is 0 Å². The molecule has 1 fully saturated rings. The first kappa shape index (κ1) is 22.2. The Hall–Kier alpha value is -3.03. The van der Waals surface area contributed by atoms with E-state index in [0.717, 1.165) is 37.3 Å². The largest absolute Gasteiger partial charge is 0.313 e. The van der Waals surface area contributed by atoms with Crippen LogP contribution in [0, 0.1) is 11.3 Å². The van der Waals surface area contributed by atoms with Gasteiger partial charge in [-0.3, -0.25) is 0 Å². The van der Waals surface area contributed by atoms with E-state index in [0.29, 0.717) is 11.7 Å². The van der Waals surface area contributed by atoms with E-state index >= 15 is 0 Å². The number of hydrogen-bond donors (Lipinski definition) is 1. The van der Waals surface area contributed by atoms with Gasteiger partial charge in [-0.05, 0) is 55.0 Å². The molecule has 0 amide bonds. The Labute approximate surface area is 191 Å². The van der Waals surface area contributed by atoms with Gasteiger partial charge in [-0.2, -0.15) is 5.26 Å². The SMILES string of the molecule is N#Cc1nc(CCCNCc2ccc(-c3ccccc3)cc2)cc(C2CCCCCC2)n1. The van der Waals surface area contributed by atoms with Crippen LogP contribution in [0.4, 0.5) is 0 Å². The standard InChI is InChI=1S/C28H32N4/c29-20-28-31-26(19-27(32-28)25-11-4-1-2-5-12-25)13-8-18-30-21-22-14-16-24(17-15-22)23-9-6-3-7-10-23/h3,6-7,9-10,14-17,19,25,30H,1-2,4-5,8,11-13,18,21H2. The van der Waals surface area contributed by atoms with Gasteiger partial charge < -0.3 is 5.32 Å². The van der Waals surface area contributed by atoms with Gasteiger partial charge in [0.25, 0.3) is 0 Å². The van der Waals surface area contributed by atoms with Gasteiger partial charge in [0.05, 0.1) is 0 Å². The number of aryl methyl sites for hydroxylation is 1. The Kier molecular flexibility index (Phi) is 8.00. The van der Waals surface area contributed by atoms with Crippen LogP contribution in [0.15, 0.2) is 60.7 Å². The van der Waals surface area contributed by atoms with Crippen LogP contribution in [-0.2, 0) is 13.0 Å². The molecular weight excluding hydrogens is 392 g/mol. The van der Waals surface area contributed by atoms with Crippen molar-refractivity contribution in [3.8, 4) is 17.2 Å². The monoisotopic (exact) mass is 424 g/mol. The molecule has 0 bridgehead atoms. The fourth-order valence-corrected chi connectivity index (χ4v) is 4.55. The second-order valence-electron chi connectivity index (χ2n) is 8.75. The summed E-state index contributed by atoms with van der Waals surface area (Å²) in [5.41, 5.74) is 5.87. The summed E-state index contributed by atoms with van der Waals surface area (Å²) in [4.78, 5) is 9.01. The average Bonchev–Trinajstić information content (AvgIpc) is 3.14. The van der Waals surface area contributed by atoms with Crippen LogP contribution in [0.3, 0.4) is 0 Å². The number of hydrogen-bond acceptors (Lipinski definition) is 4. The molecular formula is C28H32N4. The van der Waals surface area contributed by atoms with Crippen LogP contribution in [0.2, 0.25) is 0 Å². The molecule has 1 aliphatic rings. The van der Waals surface area contributed by atoms with Crippen LogP contribution in [-0.4, -0.2) is 16.5 Å². The number of rotatable bonds is 8. The number of benzene rings is 2. The predicted octanol–water partition coefficient (Wildman–Crippen LogP) is 6.18. The molecule has 32 heavy (non-hydrogen) atoms. The van der Waals surface area contributed by atoms with Gasteiger partial charge >= 0.3 is 0 Å². The van der Waals surface area contributed by atoms with Crippen molar-refractivity contribution in [3.63, 3.8) is 0 Å². The van der Waals surface area contributed by atoms with E-state index in [1.165, 1.54) is 55.2 Å². The summed E-state index contributed by atoms with van der Waals surface area (Å²) in [5, 5.41) is 12.9.